The fourth-order valence-corrected chi connectivity index (χ4v) is 10.3. The first kappa shape index (κ1) is 64.1. The third-order valence-corrected chi connectivity index (χ3v) is 15.8. The Morgan fingerprint density at radius 1 is 0.634 bits per heavy atom. The number of aliphatic hydroxyl groups is 2. The Kier molecular flexibility index (Phi) is 20.2. The van der Waals surface area contributed by atoms with Crippen LogP contribution in [0.1, 0.15) is 104 Å². The van der Waals surface area contributed by atoms with Crippen molar-refractivity contribution < 1.29 is 64.9 Å². The van der Waals surface area contributed by atoms with Crippen LogP contribution in [0.15, 0.2) is 60.7 Å². The lowest BCUT2D eigenvalue weighted by Gasteiger charge is -2.32. The quantitative estimate of drug-likeness (QED) is 0.0875. The fraction of sp³-hybridized carbons (Fsp3) is 0.586. The molecule has 0 spiro atoms. The van der Waals surface area contributed by atoms with Crippen LogP contribution >= 0.6 is 11.6 Å². The van der Waals surface area contributed by atoms with Gasteiger partial charge in [-0.2, -0.15) is 26.3 Å². The van der Waals surface area contributed by atoms with Crippen molar-refractivity contribution >= 4 is 59.3 Å². The predicted octanol–water partition coefficient (Wildman–Crippen LogP) is 10.8. The van der Waals surface area contributed by atoms with Crippen molar-refractivity contribution in [3.05, 3.63) is 88.2 Å². The number of hydrogen-bond donors (Lipinski definition) is 4. The number of pyridine rings is 2. The molecule has 16 nitrogen and oxygen atoms in total. The summed E-state index contributed by atoms with van der Waals surface area (Å²) < 4.78 is 98.9. The van der Waals surface area contributed by atoms with E-state index < -0.39 is 78.6 Å². The summed E-state index contributed by atoms with van der Waals surface area (Å²) >= 11 is 6.07. The molecule has 5 fully saturated rings. The van der Waals surface area contributed by atoms with Gasteiger partial charge in [-0.25, -0.2) is 19.6 Å². The summed E-state index contributed by atoms with van der Waals surface area (Å²) in [7, 11) is -0.556. The van der Waals surface area contributed by atoms with Crippen LogP contribution in [0.4, 0.5) is 58.9 Å². The van der Waals surface area contributed by atoms with Crippen LogP contribution in [0.2, 0.25) is 5.02 Å². The van der Waals surface area contributed by atoms with E-state index >= 15 is 0 Å². The maximum absolute atomic E-state index is 12.8. The summed E-state index contributed by atoms with van der Waals surface area (Å²) in [5, 5.41) is 26.9. The normalized spacial score (nSPS) is 20.3. The number of likely N-dealkylation sites (tertiary alicyclic amines) is 2. The molecule has 0 aliphatic carbocycles. The first-order chi connectivity index (χ1) is 38.1. The largest absolute Gasteiger partial charge is 0.495 e. The van der Waals surface area contributed by atoms with E-state index in [1.54, 1.807) is 52.0 Å². The standard InChI is InChI=1S/C26H33F3N4O3.C20H28BF3N2O3.C12H17ClN2O2/c1-17-4-5-20(30-24(34)33-7-6-18(16-33)15-26(27,28)29)14-21(17)19-12-22(25(2,3)35)31-23(13-19)32-8-10-36-11-9-32;1-13-6-7-15(10-16(13)21-28-18(2,3)19(4,5)29-21)25-17(27)26-9-8-14(12-26)11-20(22,23)24;1-12(2,16)10-7-9(13)8-11(14-10)15-3-5-17-6-4-15/h4-5,12-14,18,35H,6-11,15-16H2,1-3H3,(H,30,34);6-7,10,14H,8-9,11-12H2,1-5H3,(H,25,27);7-8,16H,3-6H2,1-2H3/t18-;14-;/m00./s1. The number of hydrogen-bond acceptors (Lipinski definition) is 12. The van der Waals surface area contributed by atoms with Crippen molar-refractivity contribution in [2.45, 2.75) is 130 Å². The van der Waals surface area contributed by atoms with Gasteiger partial charge in [-0.1, -0.05) is 29.3 Å². The minimum atomic E-state index is -4.23. The number of anilines is 4. The molecule has 5 aliphatic rings. The van der Waals surface area contributed by atoms with E-state index in [1.807, 2.05) is 77.9 Å². The summed E-state index contributed by atoms with van der Waals surface area (Å²) in [6.07, 6.45) is -9.45. The van der Waals surface area contributed by atoms with E-state index in [0.717, 1.165) is 52.4 Å². The maximum atomic E-state index is 12.8. The number of carbonyl (C=O) groups excluding carboxylic acids is 2. The maximum Gasteiger partial charge on any atom is 0.495 e. The summed E-state index contributed by atoms with van der Waals surface area (Å²) in [6.45, 7) is 25.0. The smallest absolute Gasteiger partial charge is 0.399 e. The molecule has 7 heterocycles. The first-order valence-corrected chi connectivity index (χ1v) is 28.1. The zero-order chi connectivity index (χ0) is 60.2. The minimum Gasteiger partial charge on any atom is -0.399 e. The summed E-state index contributed by atoms with van der Waals surface area (Å²) in [4.78, 5) is 41.6. The number of nitrogens with one attached hydrogen (secondary N) is 2. The van der Waals surface area contributed by atoms with E-state index in [-0.39, 0.29) is 13.1 Å². The molecule has 2 aromatic carbocycles. The van der Waals surface area contributed by atoms with Crippen molar-refractivity contribution in [3.63, 3.8) is 0 Å². The van der Waals surface area contributed by atoms with E-state index in [0.29, 0.717) is 93.2 Å². The van der Waals surface area contributed by atoms with Gasteiger partial charge in [0.15, 0.2) is 0 Å². The van der Waals surface area contributed by atoms with Gasteiger partial charge in [-0.3, -0.25) is 0 Å². The molecule has 0 saturated carbocycles. The molecule has 5 saturated heterocycles. The molecule has 4 amide bonds. The monoisotopic (exact) mass is 1170 g/mol. The van der Waals surface area contributed by atoms with Gasteiger partial charge in [0, 0.05) is 81.6 Å². The van der Waals surface area contributed by atoms with Crippen molar-refractivity contribution in [1.29, 1.82) is 0 Å². The molecule has 450 valence electrons. The van der Waals surface area contributed by atoms with Crippen molar-refractivity contribution in [1.82, 2.24) is 19.8 Å². The second kappa shape index (κ2) is 25.8. The molecule has 5 aliphatic heterocycles. The van der Waals surface area contributed by atoms with Crippen molar-refractivity contribution in [2.24, 2.45) is 11.8 Å². The number of aromatic nitrogens is 2. The highest BCUT2D eigenvalue weighted by Crippen LogP contribution is 2.38. The fourth-order valence-electron chi connectivity index (χ4n) is 10.1. The number of urea groups is 2. The van der Waals surface area contributed by atoms with Gasteiger partial charge in [-0.15, -0.1) is 0 Å². The number of nitrogens with zero attached hydrogens (tertiary/aromatic N) is 6. The van der Waals surface area contributed by atoms with Crippen LogP contribution in [0, 0.1) is 25.7 Å². The van der Waals surface area contributed by atoms with Crippen LogP contribution in [-0.4, -0.2) is 152 Å². The molecule has 0 bridgehead atoms. The number of amides is 4. The van der Waals surface area contributed by atoms with Crippen LogP contribution in [0.25, 0.3) is 11.1 Å². The summed E-state index contributed by atoms with van der Waals surface area (Å²) in [6, 6.07) is 17.5. The van der Waals surface area contributed by atoms with Crippen LogP contribution < -0.4 is 25.9 Å². The molecular formula is C58H78BClF6N8O8. The number of ether oxygens (including phenoxy) is 2. The highest BCUT2D eigenvalue weighted by Gasteiger charge is 2.52. The van der Waals surface area contributed by atoms with Gasteiger partial charge in [0.1, 0.15) is 22.8 Å². The molecular weight excluding hydrogens is 1100 g/mol. The molecule has 82 heavy (non-hydrogen) atoms. The van der Waals surface area contributed by atoms with E-state index in [9.17, 15) is 46.1 Å². The Labute approximate surface area is 482 Å². The SMILES string of the molecule is CC(C)(O)c1cc(Cl)cc(N2CCOCC2)n1.Cc1ccc(NC(=O)N2CC[C@@H](CC(F)(F)F)C2)cc1-c1cc(N2CCOCC2)nc(C(C)(C)O)c1.Cc1ccc(NC(=O)N2CC[C@@H](CC(F)(F)F)C2)cc1B1OC(C)(C)C(C)(C)O1. The molecule has 4 aromatic rings. The Bertz CT molecular complexity index is 2840. The number of alkyl halides is 6. The third kappa shape index (κ3) is 17.6. The zero-order valence-corrected chi connectivity index (χ0v) is 49.2. The Balaban J connectivity index is 0.000000188. The highest BCUT2D eigenvalue weighted by atomic mass is 35.5. The lowest BCUT2D eigenvalue weighted by atomic mass is 9.76. The minimum absolute atomic E-state index is 0.0896. The second-order valence-corrected chi connectivity index (χ2v) is 24.3. The molecule has 2 aromatic heterocycles. The molecule has 0 radical (unpaired) electrons. The summed E-state index contributed by atoms with van der Waals surface area (Å²) in [5.41, 5.74) is 3.61. The van der Waals surface area contributed by atoms with Crippen LogP contribution in [-0.2, 0) is 30.0 Å². The highest BCUT2D eigenvalue weighted by molar-refractivity contribution is 6.62. The number of benzene rings is 2. The number of carbonyl (C=O) groups is 2. The Hall–Kier alpha value is -5.43. The van der Waals surface area contributed by atoms with Gasteiger partial charge in [-0.05, 0) is 165 Å². The number of morpholine rings is 2. The van der Waals surface area contributed by atoms with Crippen molar-refractivity contribution in [3.8, 4) is 11.1 Å². The average molecular weight is 1180 g/mol. The molecule has 2 atom stereocenters. The van der Waals surface area contributed by atoms with Gasteiger partial charge in [0.2, 0.25) is 0 Å². The van der Waals surface area contributed by atoms with Gasteiger partial charge in [0.25, 0.3) is 0 Å². The second-order valence-electron chi connectivity index (χ2n) is 23.8. The van der Waals surface area contributed by atoms with Gasteiger partial charge in [0.05, 0.1) is 49.0 Å². The van der Waals surface area contributed by atoms with Gasteiger partial charge < -0.3 is 59.2 Å². The third-order valence-electron chi connectivity index (χ3n) is 15.5. The molecule has 9 rings (SSSR count). The molecule has 0 unspecified atom stereocenters. The topological polar surface area (TPSA) is 174 Å². The zero-order valence-electron chi connectivity index (χ0n) is 48.5. The van der Waals surface area contributed by atoms with Crippen LogP contribution in [0.5, 0.6) is 0 Å². The molecule has 24 heteroatoms. The first-order valence-electron chi connectivity index (χ1n) is 27.8. The van der Waals surface area contributed by atoms with Crippen LogP contribution in [0.3, 0.4) is 0 Å². The predicted molar refractivity (Wildman–Crippen MR) is 306 cm³/mol. The van der Waals surface area contributed by atoms with E-state index in [4.69, 9.17) is 35.4 Å². The van der Waals surface area contributed by atoms with E-state index in [1.165, 1.54) is 9.80 Å². The number of aryl methyl sites for hydroxylation is 2. The Morgan fingerprint density at radius 3 is 1.51 bits per heavy atom. The Morgan fingerprint density at radius 2 is 1.06 bits per heavy atom. The van der Waals surface area contributed by atoms with Gasteiger partial charge >= 0.3 is 31.5 Å². The van der Waals surface area contributed by atoms with Crippen molar-refractivity contribution in [2.75, 3.05) is 99.2 Å². The molecule has 4 N–H and O–H groups in total. The lowest BCUT2D eigenvalue weighted by molar-refractivity contribution is -0.144. The number of rotatable bonds is 10. The van der Waals surface area contributed by atoms with E-state index in [2.05, 4.69) is 25.4 Å². The lowest BCUT2D eigenvalue weighted by Crippen LogP contribution is -2.41. The average Bonchev–Trinajstić information content (AvgIpc) is 3.46. The summed E-state index contributed by atoms with van der Waals surface area (Å²) in [5.74, 6) is 0.437. The number of halogens is 7.